The lowest BCUT2D eigenvalue weighted by Crippen LogP contribution is -2.45. The highest BCUT2D eigenvalue weighted by Crippen LogP contribution is 2.17. The lowest BCUT2D eigenvalue weighted by Gasteiger charge is -2.29. The van der Waals surface area contributed by atoms with Crippen LogP contribution in [0.15, 0.2) is 72.1 Å². The standard InChI is InChI=1S/C27H33N3O2S/c1-4-21(2)17-30(27(32)28-24-13-8-10-22(3)16-24)20-26(31)29(19-25-14-9-15-33-25)18-23-11-6-5-7-12-23/h5-16,21H,4,17-20H2,1-3H3,(H,28,32). The Balaban J connectivity index is 1.76. The summed E-state index contributed by atoms with van der Waals surface area (Å²) in [6.45, 7) is 7.79. The summed E-state index contributed by atoms with van der Waals surface area (Å²) in [7, 11) is 0. The Bertz CT molecular complexity index is 1020. The first-order valence-corrected chi connectivity index (χ1v) is 12.3. The molecule has 2 aromatic carbocycles. The van der Waals surface area contributed by atoms with Gasteiger partial charge in [-0.1, -0.05) is 68.8 Å². The van der Waals surface area contributed by atoms with Crippen molar-refractivity contribution in [3.63, 3.8) is 0 Å². The third kappa shape index (κ3) is 7.75. The van der Waals surface area contributed by atoms with Gasteiger partial charge in [0.15, 0.2) is 0 Å². The van der Waals surface area contributed by atoms with Crippen LogP contribution in [0.2, 0.25) is 0 Å². The molecule has 0 saturated carbocycles. The van der Waals surface area contributed by atoms with Crippen molar-refractivity contribution in [2.75, 3.05) is 18.4 Å². The van der Waals surface area contributed by atoms with E-state index in [0.717, 1.165) is 28.1 Å². The van der Waals surface area contributed by atoms with Gasteiger partial charge in [-0.25, -0.2) is 4.79 Å². The van der Waals surface area contributed by atoms with Gasteiger partial charge in [-0.05, 0) is 47.5 Å². The van der Waals surface area contributed by atoms with Crippen molar-refractivity contribution in [2.24, 2.45) is 5.92 Å². The quantitative estimate of drug-likeness (QED) is 0.391. The average Bonchev–Trinajstić information content (AvgIpc) is 3.32. The number of rotatable bonds is 10. The van der Waals surface area contributed by atoms with Crippen molar-refractivity contribution in [1.29, 1.82) is 0 Å². The molecule has 5 nitrogen and oxygen atoms in total. The molecule has 174 valence electrons. The zero-order valence-corrected chi connectivity index (χ0v) is 20.5. The molecule has 0 spiro atoms. The second-order valence-corrected chi connectivity index (χ2v) is 9.54. The van der Waals surface area contributed by atoms with Gasteiger partial charge in [0.2, 0.25) is 5.91 Å². The van der Waals surface area contributed by atoms with E-state index in [0.29, 0.717) is 25.6 Å². The molecular weight excluding hydrogens is 430 g/mol. The minimum Gasteiger partial charge on any atom is -0.332 e. The molecular formula is C27H33N3O2S. The molecule has 3 aromatic rings. The number of urea groups is 1. The summed E-state index contributed by atoms with van der Waals surface area (Å²) in [5.74, 6) is 0.232. The molecule has 1 N–H and O–H groups in total. The maximum absolute atomic E-state index is 13.5. The Morgan fingerprint density at radius 2 is 1.76 bits per heavy atom. The van der Waals surface area contributed by atoms with E-state index < -0.39 is 0 Å². The van der Waals surface area contributed by atoms with Crippen molar-refractivity contribution in [3.8, 4) is 0 Å². The maximum atomic E-state index is 13.5. The minimum absolute atomic E-state index is 0.0419. The van der Waals surface area contributed by atoms with Gasteiger partial charge in [0.25, 0.3) is 0 Å². The molecule has 0 aliphatic heterocycles. The summed E-state index contributed by atoms with van der Waals surface area (Å²) in [5, 5.41) is 4.99. The van der Waals surface area contributed by atoms with E-state index in [2.05, 4.69) is 19.2 Å². The number of hydrogen-bond acceptors (Lipinski definition) is 3. The first-order valence-electron chi connectivity index (χ1n) is 11.4. The lowest BCUT2D eigenvalue weighted by atomic mass is 10.1. The van der Waals surface area contributed by atoms with Crippen LogP contribution < -0.4 is 5.32 Å². The zero-order chi connectivity index (χ0) is 23.6. The fraction of sp³-hybridized carbons (Fsp3) is 0.333. The molecule has 1 aromatic heterocycles. The van der Waals surface area contributed by atoms with Gasteiger partial charge in [0.05, 0.1) is 6.54 Å². The summed E-state index contributed by atoms with van der Waals surface area (Å²) in [6.07, 6.45) is 0.936. The fourth-order valence-electron chi connectivity index (χ4n) is 3.54. The first-order chi connectivity index (χ1) is 15.9. The Kier molecular flexibility index (Phi) is 9.07. The number of nitrogens with one attached hydrogen (secondary N) is 1. The van der Waals surface area contributed by atoms with Gasteiger partial charge in [-0.3, -0.25) is 4.79 Å². The molecule has 1 heterocycles. The number of hydrogen-bond donors (Lipinski definition) is 1. The third-order valence-electron chi connectivity index (χ3n) is 5.61. The van der Waals surface area contributed by atoms with Gasteiger partial charge < -0.3 is 15.1 Å². The van der Waals surface area contributed by atoms with Crippen LogP contribution in [0.4, 0.5) is 10.5 Å². The molecule has 0 bridgehead atoms. The number of carbonyl (C=O) groups excluding carboxylic acids is 2. The van der Waals surface area contributed by atoms with E-state index in [1.54, 1.807) is 16.2 Å². The number of aryl methyl sites for hydroxylation is 1. The van der Waals surface area contributed by atoms with Crippen LogP contribution in [-0.2, 0) is 17.9 Å². The van der Waals surface area contributed by atoms with Crippen molar-refractivity contribution >= 4 is 29.0 Å². The third-order valence-corrected chi connectivity index (χ3v) is 6.47. The molecule has 33 heavy (non-hydrogen) atoms. The highest BCUT2D eigenvalue weighted by atomic mass is 32.1. The molecule has 0 radical (unpaired) electrons. The number of carbonyl (C=O) groups is 2. The van der Waals surface area contributed by atoms with Crippen LogP contribution in [0, 0.1) is 12.8 Å². The van der Waals surface area contributed by atoms with Crippen molar-refractivity contribution in [3.05, 3.63) is 88.1 Å². The Morgan fingerprint density at radius 1 is 0.970 bits per heavy atom. The Labute approximate surface area is 201 Å². The van der Waals surface area contributed by atoms with Crippen LogP contribution in [0.1, 0.15) is 36.3 Å². The lowest BCUT2D eigenvalue weighted by molar-refractivity contribution is -0.133. The van der Waals surface area contributed by atoms with Crippen molar-refractivity contribution in [1.82, 2.24) is 9.80 Å². The van der Waals surface area contributed by atoms with Gasteiger partial charge in [-0.2, -0.15) is 0 Å². The first kappa shape index (κ1) is 24.5. The molecule has 0 aliphatic rings. The topological polar surface area (TPSA) is 52.7 Å². The minimum atomic E-state index is -0.245. The predicted molar refractivity (Wildman–Crippen MR) is 136 cm³/mol. The van der Waals surface area contributed by atoms with E-state index in [9.17, 15) is 9.59 Å². The van der Waals surface area contributed by atoms with Gasteiger partial charge in [0.1, 0.15) is 6.54 Å². The number of amides is 3. The van der Waals surface area contributed by atoms with E-state index in [1.807, 2.05) is 83.9 Å². The number of thiophene rings is 1. The van der Waals surface area contributed by atoms with Gasteiger partial charge >= 0.3 is 6.03 Å². The predicted octanol–water partition coefficient (Wildman–Crippen LogP) is 6.17. The van der Waals surface area contributed by atoms with Gasteiger partial charge in [-0.15, -0.1) is 11.3 Å². The average molecular weight is 464 g/mol. The van der Waals surface area contributed by atoms with E-state index in [4.69, 9.17) is 0 Å². The zero-order valence-electron chi connectivity index (χ0n) is 19.7. The summed E-state index contributed by atoms with van der Waals surface area (Å²) in [4.78, 5) is 31.2. The van der Waals surface area contributed by atoms with Crippen LogP contribution in [0.25, 0.3) is 0 Å². The summed E-state index contributed by atoms with van der Waals surface area (Å²) >= 11 is 1.64. The SMILES string of the molecule is CCC(C)CN(CC(=O)N(Cc1ccccc1)Cc1cccs1)C(=O)Nc1cccc(C)c1. The molecule has 1 atom stereocenters. The van der Waals surface area contributed by atoms with Crippen LogP contribution in [-0.4, -0.2) is 34.8 Å². The number of benzene rings is 2. The maximum Gasteiger partial charge on any atom is 0.322 e. The molecule has 1 unspecified atom stereocenters. The molecule has 0 aliphatic carbocycles. The number of anilines is 1. The number of nitrogens with zero attached hydrogens (tertiary/aromatic N) is 2. The van der Waals surface area contributed by atoms with E-state index in [-0.39, 0.29) is 18.5 Å². The summed E-state index contributed by atoms with van der Waals surface area (Å²) in [6, 6.07) is 21.5. The highest BCUT2D eigenvalue weighted by molar-refractivity contribution is 7.09. The normalized spacial score (nSPS) is 11.6. The Morgan fingerprint density at radius 3 is 2.42 bits per heavy atom. The smallest absolute Gasteiger partial charge is 0.322 e. The van der Waals surface area contributed by atoms with Crippen molar-refractivity contribution < 1.29 is 9.59 Å². The second-order valence-electron chi connectivity index (χ2n) is 8.51. The summed E-state index contributed by atoms with van der Waals surface area (Å²) in [5.41, 5.74) is 2.88. The molecule has 6 heteroatoms. The van der Waals surface area contributed by atoms with Crippen LogP contribution in [0.3, 0.4) is 0 Å². The van der Waals surface area contributed by atoms with Crippen LogP contribution in [0.5, 0.6) is 0 Å². The second kappa shape index (κ2) is 12.2. The molecule has 3 amide bonds. The monoisotopic (exact) mass is 463 g/mol. The van der Waals surface area contributed by atoms with Crippen LogP contribution >= 0.6 is 11.3 Å². The van der Waals surface area contributed by atoms with E-state index in [1.165, 1.54) is 0 Å². The molecule has 0 fully saturated rings. The van der Waals surface area contributed by atoms with E-state index >= 15 is 0 Å². The largest absolute Gasteiger partial charge is 0.332 e. The summed E-state index contributed by atoms with van der Waals surface area (Å²) < 4.78 is 0. The fourth-order valence-corrected chi connectivity index (χ4v) is 4.26. The Hall–Kier alpha value is -3.12. The molecule has 3 rings (SSSR count). The van der Waals surface area contributed by atoms with Crippen molar-refractivity contribution in [2.45, 2.75) is 40.3 Å². The van der Waals surface area contributed by atoms with Gasteiger partial charge in [0, 0.05) is 23.7 Å². The molecule has 0 saturated heterocycles. The highest BCUT2D eigenvalue weighted by Gasteiger charge is 2.23.